The van der Waals surface area contributed by atoms with Crippen LogP contribution in [0.3, 0.4) is 0 Å². The Balaban J connectivity index is 2.14. The van der Waals surface area contributed by atoms with Crippen molar-refractivity contribution in [1.29, 1.82) is 0 Å². The van der Waals surface area contributed by atoms with E-state index in [4.69, 9.17) is 5.21 Å². The third-order valence-electron chi connectivity index (χ3n) is 1.57. The lowest BCUT2D eigenvalue weighted by Gasteiger charge is -2.15. The van der Waals surface area contributed by atoms with Gasteiger partial charge in [0.1, 0.15) is 6.67 Å². The van der Waals surface area contributed by atoms with Crippen LogP contribution in [0, 0.1) is 0 Å². The highest BCUT2D eigenvalue weighted by Crippen LogP contribution is 2.04. The van der Waals surface area contributed by atoms with E-state index in [9.17, 15) is 0 Å². The Bertz CT molecular complexity index is 125. The zero-order chi connectivity index (χ0) is 7.40. The molecule has 0 bridgehead atoms. The van der Waals surface area contributed by atoms with Crippen LogP contribution >= 0.6 is 0 Å². The minimum Gasteiger partial charge on any atom is -0.357 e. The predicted molar refractivity (Wildman–Crippen MR) is 39.2 cm³/mol. The third kappa shape index (κ3) is 1.92. The highest BCUT2D eigenvalue weighted by atomic mass is 16.5. The van der Waals surface area contributed by atoms with Crippen LogP contribution in [-0.4, -0.2) is 28.4 Å². The summed E-state index contributed by atoms with van der Waals surface area (Å²) in [6.07, 6.45) is 5.99. The lowest BCUT2D eigenvalue weighted by atomic mass is 10.3. The summed E-state index contributed by atoms with van der Waals surface area (Å²) in [5.41, 5.74) is 0. The van der Waals surface area contributed by atoms with E-state index in [2.05, 4.69) is 11.8 Å². The third-order valence-corrected chi connectivity index (χ3v) is 1.57. The first-order valence-corrected chi connectivity index (χ1v) is 3.71. The van der Waals surface area contributed by atoms with Crippen LogP contribution in [-0.2, 0) is 0 Å². The topological polar surface area (TPSA) is 26.7 Å². The predicted octanol–water partition coefficient (Wildman–Crippen LogP) is 1.22. The monoisotopic (exact) mass is 142 g/mol. The van der Waals surface area contributed by atoms with Crippen molar-refractivity contribution < 1.29 is 5.21 Å². The van der Waals surface area contributed by atoms with E-state index in [-0.39, 0.29) is 0 Å². The van der Waals surface area contributed by atoms with Crippen LogP contribution in [0.15, 0.2) is 12.4 Å². The van der Waals surface area contributed by atoms with Crippen molar-refractivity contribution >= 4 is 0 Å². The Morgan fingerprint density at radius 2 is 2.30 bits per heavy atom. The number of rotatable bonds is 3. The Hall–Kier alpha value is -0.700. The number of nitrogens with zero attached hydrogens (tertiary/aromatic N) is 2. The summed E-state index contributed by atoms with van der Waals surface area (Å²) in [7, 11) is 0. The molecular weight excluding hydrogens is 128 g/mol. The van der Waals surface area contributed by atoms with Gasteiger partial charge in [-0.25, -0.2) is 5.06 Å². The largest absolute Gasteiger partial charge is 0.357 e. The Morgan fingerprint density at radius 3 is 2.80 bits per heavy atom. The standard InChI is InChI=1S/C7H14N2O/c1-2-3-4-8-5-6-9(10)7-8/h5-6,10H,2-4,7H2,1H3. The van der Waals surface area contributed by atoms with Gasteiger partial charge in [0.25, 0.3) is 0 Å². The quantitative estimate of drug-likeness (QED) is 0.642. The second kappa shape index (κ2) is 3.46. The number of hydrogen-bond donors (Lipinski definition) is 1. The smallest absolute Gasteiger partial charge is 0.115 e. The van der Waals surface area contributed by atoms with Gasteiger partial charge in [-0.05, 0) is 6.42 Å². The lowest BCUT2D eigenvalue weighted by Crippen LogP contribution is -2.23. The molecule has 0 unspecified atom stereocenters. The van der Waals surface area contributed by atoms with Gasteiger partial charge in [0, 0.05) is 18.9 Å². The molecule has 1 aliphatic heterocycles. The van der Waals surface area contributed by atoms with Gasteiger partial charge in [-0.15, -0.1) is 0 Å². The van der Waals surface area contributed by atoms with Crippen LogP contribution in [0.4, 0.5) is 0 Å². The normalized spacial score (nSPS) is 17.0. The Morgan fingerprint density at radius 1 is 1.50 bits per heavy atom. The van der Waals surface area contributed by atoms with E-state index in [0.29, 0.717) is 6.67 Å². The van der Waals surface area contributed by atoms with E-state index in [1.165, 1.54) is 17.9 Å². The molecule has 1 N–H and O–H groups in total. The molecule has 1 rings (SSSR count). The van der Waals surface area contributed by atoms with Crippen LogP contribution in [0.2, 0.25) is 0 Å². The van der Waals surface area contributed by atoms with Crippen LogP contribution in [0.1, 0.15) is 19.8 Å². The fourth-order valence-electron chi connectivity index (χ4n) is 0.958. The lowest BCUT2D eigenvalue weighted by molar-refractivity contribution is -0.0545. The summed E-state index contributed by atoms with van der Waals surface area (Å²) in [4.78, 5) is 2.09. The van der Waals surface area contributed by atoms with Crippen molar-refractivity contribution in [3.63, 3.8) is 0 Å². The molecule has 0 spiro atoms. The van der Waals surface area contributed by atoms with Crippen molar-refractivity contribution in [2.45, 2.75) is 19.8 Å². The van der Waals surface area contributed by atoms with Crippen LogP contribution < -0.4 is 0 Å². The summed E-state index contributed by atoms with van der Waals surface area (Å²) in [5, 5.41) is 10.1. The van der Waals surface area contributed by atoms with Gasteiger partial charge < -0.3 is 4.90 Å². The fourth-order valence-corrected chi connectivity index (χ4v) is 0.958. The molecule has 0 fully saturated rings. The van der Waals surface area contributed by atoms with E-state index in [1.807, 2.05) is 6.20 Å². The average Bonchev–Trinajstić information content (AvgIpc) is 2.31. The van der Waals surface area contributed by atoms with Gasteiger partial charge in [-0.3, -0.25) is 5.21 Å². The first-order valence-electron chi connectivity index (χ1n) is 3.71. The Labute approximate surface area is 61.5 Å². The molecule has 0 aromatic carbocycles. The van der Waals surface area contributed by atoms with Crippen molar-refractivity contribution in [3.05, 3.63) is 12.4 Å². The SMILES string of the molecule is CCCCN1C=CN(O)C1. The summed E-state index contributed by atoms with van der Waals surface area (Å²) in [6, 6.07) is 0. The molecule has 0 aromatic heterocycles. The van der Waals surface area contributed by atoms with Crippen LogP contribution in [0.25, 0.3) is 0 Å². The van der Waals surface area contributed by atoms with E-state index in [1.54, 1.807) is 6.20 Å². The molecule has 0 saturated carbocycles. The molecule has 0 aromatic rings. The molecular formula is C7H14N2O. The zero-order valence-corrected chi connectivity index (χ0v) is 6.32. The van der Waals surface area contributed by atoms with Gasteiger partial charge in [-0.2, -0.15) is 0 Å². The molecule has 1 aliphatic rings. The van der Waals surface area contributed by atoms with Gasteiger partial charge in [0.2, 0.25) is 0 Å². The molecule has 10 heavy (non-hydrogen) atoms. The summed E-state index contributed by atoms with van der Waals surface area (Å²) in [6.45, 7) is 3.83. The number of unbranched alkanes of at least 4 members (excludes halogenated alkanes) is 1. The van der Waals surface area contributed by atoms with Crippen molar-refractivity contribution in [2.24, 2.45) is 0 Å². The van der Waals surface area contributed by atoms with Gasteiger partial charge in [-0.1, -0.05) is 13.3 Å². The minimum absolute atomic E-state index is 0.625. The minimum atomic E-state index is 0.625. The molecule has 0 radical (unpaired) electrons. The van der Waals surface area contributed by atoms with Gasteiger partial charge in [0.05, 0.1) is 0 Å². The second-order valence-corrected chi connectivity index (χ2v) is 2.54. The van der Waals surface area contributed by atoms with Crippen molar-refractivity contribution in [2.75, 3.05) is 13.2 Å². The molecule has 0 aliphatic carbocycles. The maximum atomic E-state index is 8.90. The zero-order valence-electron chi connectivity index (χ0n) is 6.32. The summed E-state index contributed by atoms with van der Waals surface area (Å²) in [5.74, 6) is 0. The van der Waals surface area contributed by atoms with E-state index >= 15 is 0 Å². The molecule has 3 heteroatoms. The fraction of sp³-hybridized carbons (Fsp3) is 0.714. The molecule has 1 heterocycles. The highest BCUT2D eigenvalue weighted by Gasteiger charge is 2.07. The molecule has 58 valence electrons. The molecule has 0 amide bonds. The second-order valence-electron chi connectivity index (χ2n) is 2.54. The molecule has 0 atom stereocenters. The first kappa shape index (κ1) is 7.41. The van der Waals surface area contributed by atoms with Crippen molar-refractivity contribution in [1.82, 2.24) is 9.96 Å². The van der Waals surface area contributed by atoms with Crippen molar-refractivity contribution in [3.8, 4) is 0 Å². The van der Waals surface area contributed by atoms with Crippen LogP contribution in [0.5, 0.6) is 0 Å². The Kier molecular flexibility index (Phi) is 2.57. The molecule has 0 saturated heterocycles. The maximum absolute atomic E-state index is 8.90. The van der Waals surface area contributed by atoms with E-state index < -0.39 is 0 Å². The average molecular weight is 142 g/mol. The van der Waals surface area contributed by atoms with Gasteiger partial charge in [0.15, 0.2) is 0 Å². The summed E-state index contributed by atoms with van der Waals surface area (Å²) < 4.78 is 0. The highest BCUT2D eigenvalue weighted by molar-refractivity contribution is 4.85. The first-order chi connectivity index (χ1) is 4.83. The summed E-state index contributed by atoms with van der Waals surface area (Å²) >= 11 is 0. The molecule has 3 nitrogen and oxygen atoms in total. The number of hydrogen-bond acceptors (Lipinski definition) is 3. The number of hydroxylamine groups is 2. The van der Waals surface area contributed by atoms with Gasteiger partial charge >= 0.3 is 0 Å². The van der Waals surface area contributed by atoms with E-state index in [0.717, 1.165) is 6.54 Å². The maximum Gasteiger partial charge on any atom is 0.115 e.